The van der Waals surface area contributed by atoms with Crippen LogP contribution >= 0.6 is 31.9 Å². The lowest BCUT2D eigenvalue weighted by atomic mass is 9.71. The average Bonchev–Trinajstić information content (AvgIpc) is 3.21. The number of ketones is 3. The van der Waals surface area contributed by atoms with Gasteiger partial charge < -0.3 is 19.7 Å². The predicted molar refractivity (Wildman–Crippen MR) is 129 cm³/mol. The van der Waals surface area contributed by atoms with Gasteiger partial charge in [-0.25, -0.2) is 0 Å². The first-order chi connectivity index (χ1) is 15.9. The van der Waals surface area contributed by atoms with Gasteiger partial charge in [-0.15, -0.1) is 0 Å². The first-order valence-corrected chi connectivity index (χ1v) is 11.7. The van der Waals surface area contributed by atoms with Crippen LogP contribution in [0.5, 0.6) is 17.2 Å². The Kier molecular flexibility index (Phi) is 4.93. The average molecular weight is 588 g/mol. The van der Waals surface area contributed by atoms with E-state index in [4.69, 9.17) is 9.47 Å². The van der Waals surface area contributed by atoms with Crippen LogP contribution in [0.1, 0.15) is 40.9 Å². The zero-order valence-electron chi connectivity index (χ0n) is 18.1. The molecule has 0 amide bonds. The number of phenols is 1. The molecule has 2 aromatic rings. The van der Waals surface area contributed by atoms with Gasteiger partial charge in [0.2, 0.25) is 5.78 Å². The highest BCUT2D eigenvalue weighted by atomic mass is 79.9. The second-order valence-corrected chi connectivity index (χ2v) is 10.2. The molecule has 0 fully saturated rings. The Morgan fingerprint density at radius 1 is 1.06 bits per heavy atom. The van der Waals surface area contributed by atoms with Crippen molar-refractivity contribution in [2.75, 3.05) is 0 Å². The molecular formula is C25H16Br2O7. The Bertz CT molecular complexity index is 1460. The van der Waals surface area contributed by atoms with E-state index >= 15 is 0 Å². The number of aliphatic hydroxyl groups excluding tert-OH is 1. The summed E-state index contributed by atoms with van der Waals surface area (Å²) >= 11 is 6.82. The molecule has 9 heteroatoms. The maximum absolute atomic E-state index is 13.4. The standard InChI is InChI=1S/C25H16Br2O7/c1-9-20(30)19-23(34-16-8-14(29)17(10(2)28)24(32)25(16,19)3)18-21(31)15(33-22(9)18)6-11-4-12(26)7-13(27)5-11/h4-8,29-30H,1-3H3/b15-6-/t25-/m0/s1. The number of benzene rings is 2. The van der Waals surface area contributed by atoms with Crippen LogP contribution in [-0.4, -0.2) is 27.6 Å². The highest BCUT2D eigenvalue weighted by Crippen LogP contribution is 2.59. The van der Waals surface area contributed by atoms with Crippen LogP contribution < -0.4 is 9.47 Å². The number of aromatic hydroxyl groups is 1. The van der Waals surface area contributed by atoms with Crippen molar-refractivity contribution in [3.8, 4) is 17.2 Å². The Morgan fingerprint density at radius 3 is 2.32 bits per heavy atom. The van der Waals surface area contributed by atoms with Gasteiger partial charge in [-0.05, 0) is 50.6 Å². The summed E-state index contributed by atoms with van der Waals surface area (Å²) in [5.74, 6) is -2.48. The molecule has 172 valence electrons. The lowest BCUT2D eigenvalue weighted by Gasteiger charge is -2.27. The number of allylic oxidation sites excluding steroid dienone is 4. The molecule has 34 heavy (non-hydrogen) atoms. The lowest BCUT2D eigenvalue weighted by Crippen LogP contribution is -2.38. The molecule has 2 aromatic carbocycles. The Hall–Kier alpha value is -3.17. The number of carbonyl (C=O) groups is 3. The van der Waals surface area contributed by atoms with Crippen molar-refractivity contribution in [3.63, 3.8) is 0 Å². The quantitative estimate of drug-likeness (QED) is 0.359. The topological polar surface area (TPSA) is 110 Å². The van der Waals surface area contributed by atoms with E-state index in [1.165, 1.54) is 19.9 Å². The summed E-state index contributed by atoms with van der Waals surface area (Å²) in [5.41, 5.74) is -0.899. The molecule has 0 aromatic heterocycles. The van der Waals surface area contributed by atoms with Gasteiger partial charge in [0, 0.05) is 20.6 Å². The number of hydrogen-bond donors (Lipinski definition) is 2. The molecular weight excluding hydrogens is 572 g/mol. The van der Waals surface area contributed by atoms with Gasteiger partial charge in [0.05, 0.1) is 5.56 Å². The van der Waals surface area contributed by atoms with Crippen LogP contribution in [0.2, 0.25) is 0 Å². The molecule has 5 rings (SSSR count). The molecule has 0 unspecified atom stereocenters. The van der Waals surface area contributed by atoms with Gasteiger partial charge in [-0.3, -0.25) is 14.4 Å². The van der Waals surface area contributed by atoms with Crippen molar-refractivity contribution >= 4 is 55.3 Å². The summed E-state index contributed by atoms with van der Waals surface area (Å²) in [6.07, 6.45) is 2.74. The first kappa shape index (κ1) is 22.6. The normalized spacial score (nSPS) is 21.7. The summed E-state index contributed by atoms with van der Waals surface area (Å²) in [6, 6.07) is 5.46. The fraction of sp³-hybridized carbons (Fsp3) is 0.160. The predicted octanol–water partition coefficient (Wildman–Crippen LogP) is 5.36. The van der Waals surface area contributed by atoms with Gasteiger partial charge in [0.15, 0.2) is 23.1 Å². The SMILES string of the molecule is CC(=O)C1=C(O)C=C2Oc3c4c(c(C)c(O)c3[C@@]2(C)C1=O)O/C(=C\c1cc(Br)cc(Br)c1)C4=O. The number of phenolic OH excluding ortho intramolecular Hbond substituents is 1. The van der Waals surface area contributed by atoms with E-state index < -0.39 is 28.5 Å². The van der Waals surface area contributed by atoms with Crippen molar-refractivity contribution < 1.29 is 34.1 Å². The second kappa shape index (κ2) is 7.41. The fourth-order valence-corrected chi connectivity index (χ4v) is 5.87. The maximum atomic E-state index is 13.4. The van der Waals surface area contributed by atoms with E-state index in [0.717, 1.165) is 8.95 Å². The summed E-state index contributed by atoms with van der Waals surface area (Å²) in [7, 11) is 0. The van der Waals surface area contributed by atoms with Crippen LogP contribution in [0.4, 0.5) is 0 Å². The van der Waals surface area contributed by atoms with E-state index in [2.05, 4.69) is 31.9 Å². The minimum atomic E-state index is -1.59. The molecule has 2 aliphatic heterocycles. The maximum Gasteiger partial charge on any atom is 0.235 e. The summed E-state index contributed by atoms with van der Waals surface area (Å²) < 4.78 is 13.4. The second-order valence-electron chi connectivity index (χ2n) is 8.41. The highest BCUT2D eigenvalue weighted by molar-refractivity contribution is 9.11. The number of hydrogen-bond acceptors (Lipinski definition) is 7. The largest absolute Gasteiger partial charge is 0.507 e. The smallest absolute Gasteiger partial charge is 0.235 e. The molecule has 1 atom stereocenters. The summed E-state index contributed by atoms with van der Waals surface area (Å²) in [6.45, 7) is 4.23. The molecule has 2 N–H and O–H groups in total. The number of carbonyl (C=O) groups excluding carboxylic acids is 3. The third-order valence-electron chi connectivity index (χ3n) is 6.22. The third kappa shape index (κ3) is 2.96. The van der Waals surface area contributed by atoms with Crippen LogP contribution in [0.25, 0.3) is 6.08 Å². The van der Waals surface area contributed by atoms with Crippen molar-refractivity contribution in [2.24, 2.45) is 0 Å². The molecule has 1 aliphatic carbocycles. The van der Waals surface area contributed by atoms with Crippen molar-refractivity contribution in [3.05, 3.63) is 78.3 Å². The Labute approximate surface area is 210 Å². The van der Waals surface area contributed by atoms with Crippen LogP contribution in [0.15, 0.2) is 56.1 Å². The van der Waals surface area contributed by atoms with E-state index in [1.807, 2.05) is 6.07 Å². The molecule has 0 bridgehead atoms. The van der Waals surface area contributed by atoms with Crippen LogP contribution in [0, 0.1) is 6.92 Å². The highest BCUT2D eigenvalue weighted by Gasteiger charge is 2.56. The number of Topliss-reactive ketones (excluding diaryl/α,β-unsaturated/α-hetero) is 3. The zero-order valence-corrected chi connectivity index (χ0v) is 21.3. The van der Waals surface area contributed by atoms with Gasteiger partial charge in [0.1, 0.15) is 39.6 Å². The number of aliphatic hydroxyl groups is 1. The van der Waals surface area contributed by atoms with Crippen LogP contribution in [0.3, 0.4) is 0 Å². The monoisotopic (exact) mass is 586 g/mol. The zero-order chi connectivity index (χ0) is 24.7. The lowest BCUT2D eigenvalue weighted by molar-refractivity contribution is -0.123. The van der Waals surface area contributed by atoms with Crippen molar-refractivity contribution in [1.82, 2.24) is 0 Å². The van der Waals surface area contributed by atoms with Gasteiger partial charge in [-0.1, -0.05) is 31.9 Å². The minimum absolute atomic E-state index is 0.0132. The van der Waals surface area contributed by atoms with Gasteiger partial charge in [0.25, 0.3) is 0 Å². The van der Waals surface area contributed by atoms with E-state index in [1.54, 1.807) is 25.1 Å². The molecule has 3 aliphatic rings. The molecule has 0 radical (unpaired) electrons. The Balaban J connectivity index is 1.70. The third-order valence-corrected chi connectivity index (χ3v) is 7.14. The van der Waals surface area contributed by atoms with Crippen molar-refractivity contribution in [1.29, 1.82) is 0 Å². The van der Waals surface area contributed by atoms with Crippen LogP contribution in [-0.2, 0) is 15.0 Å². The minimum Gasteiger partial charge on any atom is -0.507 e. The molecule has 2 heterocycles. The fourth-order valence-electron chi connectivity index (χ4n) is 4.54. The molecule has 0 saturated carbocycles. The molecule has 0 spiro atoms. The van der Waals surface area contributed by atoms with Gasteiger partial charge in [-0.2, -0.15) is 0 Å². The summed E-state index contributed by atoms with van der Waals surface area (Å²) in [5, 5.41) is 21.4. The number of rotatable bonds is 2. The molecule has 0 saturated heterocycles. The van der Waals surface area contributed by atoms with E-state index in [9.17, 15) is 24.6 Å². The Morgan fingerprint density at radius 2 is 1.71 bits per heavy atom. The molecule has 7 nitrogen and oxygen atoms in total. The number of fused-ring (bicyclic) bond motifs is 5. The van der Waals surface area contributed by atoms with Gasteiger partial charge >= 0.3 is 0 Å². The van der Waals surface area contributed by atoms with Crippen molar-refractivity contribution in [2.45, 2.75) is 26.2 Å². The van der Waals surface area contributed by atoms with E-state index in [-0.39, 0.29) is 51.0 Å². The first-order valence-electron chi connectivity index (χ1n) is 10.1. The summed E-state index contributed by atoms with van der Waals surface area (Å²) in [4.78, 5) is 38.8. The van der Waals surface area contributed by atoms with E-state index in [0.29, 0.717) is 5.56 Å². The number of ether oxygens (including phenoxy) is 2. The number of halogens is 2.